The zero-order chi connectivity index (χ0) is 10.7. The molecule has 0 aliphatic heterocycles. The molecule has 0 radical (unpaired) electrons. The van der Waals surface area contributed by atoms with E-state index < -0.39 is 29.3 Å². The lowest BCUT2D eigenvalue weighted by molar-refractivity contribution is -0.0438. The largest absolute Gasteiger partial charge is 0.390 e. The molecule has 0 bridgehead atoms. The summed E-state index contributed by atoms with van der Waals surface area (Å²) in [6.45, 7) is -2.49. The zero-order valence-corrected chi connectivity index (χ0v) is 8.11. The van der Waals surface area contributed by atoms with Crippen LogP contribution in [0.4, 0.5) is 8.78 Å². The van der Waals surface area contributed by atoms with Crippen molar-refractivity contribution in [1.82, 2.24) is 9.03 Å². The highest BCUT2D eigenvalue weighted by atomic mass is 32.2. The molecule has 0 fully saturated rings. The Bertz CT molecular complexity index is 253. The van der Waals surface area contributed by atoms with E-state index >= 15 is 0 Å². The van der Waals surface area contributed by atoms with Gasteiger partial charge in [0.15, 0.2) is 0 Å². The number of aliphatic hydroxyl groups excluding tert-OH is 1. The molecule has 0 amide bonds. The van der Waals surface area contributed by atoms with E-state index in [0.717, 1.165) is 4.31 Å². The van der Waals surface area contributed by atoms with Crippen LogP contribution in [0.25, 0.3) is 0 Å². The minimum atomic E-state index is -3.85. The Hall–Kier alpha value is -0.310. The van der Waals surface area contributed by atoms with Gasteiger partial charge in [-0.2, -0.15) is 17.4 Å². The molecule has 0 rings (SSSR count). The maximum absolute atomic E-state index is 12.4. The predicted octanol–water partition coefficient (Wildman–Crippen LogP) is -0.990. The Kier molecular flexibility index (Phi) is 4.17. The van der Waals surface area contributed by atoms with Gasteiger partial charge in [0, 0.05) is 14.1 Å². The fraction of sp³-hybridized carbons (Fsp3) is 1.00. The SMILES string of the molecule is CN(C)S(=O)(=O)NCC(F)(F)CO. The molecule has 13 heavy (non-hydrogen) atoms. The summed E-state index contributed by atoms with van der Waals surface area (Å²) in [4.78, 5) is 0. The summed E-state index contributed by atoms with van der Waals surface area (Å²) in [6, 6.07) is 0. The van der Waals surface area contributed by atoms with Crippen LogP contribution >= 0.6 is 0 Å². The van der Waals surface area contributed by atoms with E-state index in [9.17, 15) is 17.2 Å². The van der Waals surface area contributed by atoms with Crippen molar-refractivity contribution in [3.8, 4) is 0 Å². The number of aliphatic hydroxyl groups is 1. The van der Waals surface area contributed by atoms with E-state index in [1.807, 2.05) is 0 Å². The number of halogens is 2. The fourth-order valence-electron chi connectivity index (χ4n) is 0.382. The second kappa shape index (κ2) is 4.27. The molecule has 8 heteroatoms. The van der Waals surface area contributed by atoms with Gasteiger partial charge >= 0.3 is 0 Å². The molecule has 0 spiro atoms. The topological polar surface area (TPSA) is 69.6 Å². The van der Waals surface area contributed by atoms with E-state index in [2.05, 4.69) is 0 Å². The lowest BCUT2D eigenvalue weighted by Crippen LogP contribution is -2.43. The Morgan fingerprint density at radius 2 is 1.92 bits per heavy atom. The summed E-state index contributed by atoms with van der Waals surface area (Å²) in [6.07, 6.45) is 0. The van der Waals surface area contributed by atoms with Gasteiger partial charge in [-0.25, -0.2) is 8.78 Å². The number of hydrogen-bond donors (Lipinski definition) is 2. The van der Waals surface area contributed by atoms with Gasteiger partial charge in [0.2, 0.25) is 0 Å². The molecule has 80 valence electrons. The molecule has 0 atom stereocenters. The minimum Gasteiger partial charge on any atom is -0.390 e. The molecule has 0 heterocycles. The first-order chi connectivity index (χ1) is 5.71. The minimum absolute atomic E-state index is 0.764. The van der Waals surface area contributed by atoms with Gasteiger partial charge in [-0.1, -0.05) is 0 Å². The van der Waals surface area contributed by atoms with E-state index in [1.54, 1.807) is 4.72 Å². The normalized spacial score (nSPS) is 13.7. The van der Waals surface area contributed by atoms with Crippen molar-refractivity contribution in [2.24, 2.45) is 0 Å². The molecule has 0 aromatic heterocycles. The standard InChI is InChI=1S/C5H12F2N2O3S/c1-9(2)13(11,12)8-3-5(6,7)4-10/h8,10H,3-4H2,1-2H3. The third-order valence-electron chi connectivity index (χ3n) is 1.23. The van der Waals surface area contributed by atoms with E-state index in [0.29, 0.717) is 0 Å². The number of nitrogens with zero attached hydrogens (tertiary/aromatic N) is 1. The average molecular weight is 218 g/mol. The first-order valence-electron chi connectivity index (χ1n) is 3.37. The van der Waals surface area contributed by atoms with Crippen LogP contribution in [0.2, 0.25) is 0 Å². The first kappa shape index (κ1) is 12.7. The monoisotopic (exact) mass is 218 g/mol. The van der Waals surface area contributed by atoms with Crippen LogP contribution in [0.5, 0.6) is 0 Å². The summed E-state index contributed by atoms with van der Waals surface area (Å²) < 4.78 is 48.9. The molecule has 5 nitrogen and oxygen atoms in total. The van der Waals surface area contributed by atoms with Crippen molar-refractivity contribution in [3.63, 3.8) is 0 Å². The van der Waals surface area contributed by atoms with Gasteiger partial charge in [0.25, 0.3) is 16.1 Å². The maximum Gasteiger partial charge on any atom is 0.283 e. The first-order valence-corrected chi connectivity index (χ1v) is 4.81. The van der Waals surface area contributed by atoms with Crippen molar-refractivity contribution >= 4 is 10.2 Å². The van der Waals surface area contributed by atoms with Gasteiger partial charge in [-0.05, 0) is 0 Å². The van der Waals surface area contributed by atoms with Crippen molar-refractivity contribution in [3.05, 3.63) is 0 Å². The number of alkyl halides is 2. The lowest BCUT2D eigenvalue weighted by atomic mass is 10.4. The van der Waals surface area contributed by atoms with Crippen molar-refractivity contribution in [2.45, 2.75) is 5.92 Å². The molecule has 0 aromatic carbocycles. The average Bonchev–Trinajstić information content (AvgIpc) is 2.01. The van der Waals surface area contributed by atoms with Gasteiger partial charge < -0.3 is 5.11 Å². The smallest absolute Gasteiger partial charge is 0.283 e. The third kappa shape index (κ3) is 4.46. The highest BCUT2D eigenvalue weighted by Gasteiger charge is 2.30. The second-order valence-corrected chi connectivity index (χ2v) is 4.59. The number of nitrogens with one attached hydrogen (secondary N) is 1. The van der Waals surface area contributed by atoms with Gasteiger partial charge in [-0.15, -0.1) is 0 Å². The Morgan fingerprint density at radius 1 is 1.46 bits per heavy atom. The Morgan fingerprint density at radius 3 is 2.23 bits per heavy atom. The van der Waals surface area contributed by atoms with Crippen LogP contribution in [0.3, 0.4) is 0 Å². The van der Waals surface area contributed by atoms with Crippen LogP contribution in [0.15, 0.2) is 0 Å². The van der Waals surface area contributed by atoms with Crippen molar-refractivity contribution in [2.75, 3.05) is 27.2 Å². The molecule has 2 N–H and O–H groups in total. The molecule has 0 aliphatic carbocycles. The quantitative estimate of drug-likeness (QED) is 0.622. The highest BCUT2D eigenvalue weighted by molar-refractivity contribution is 7.87. The van der Waals surface area contributed by atoms with Gasteiger partial charge in [0.1, 0.15) is 6.61 Å². The molecular weight excluding hydrogens is 206 g/mol. The summed E-state index contributed by atoms with van der Waals surface area (Å²) in [5, 5.41) is 8.13. The number of rotatable bonds is 5. The molecule has 0 aromatic rings. The summed E-state index contributed by atoms with van der Waals surface area (Å²) in [5.41, 5.74) is 0. The van der Waals surface area contributed by atoms with Crippen LogP contribution in [0, 0.1) is 0 Å². The fourth-order valence-corrected chi connectivity index (χ4v) is 1.03. The second-order valence-electron chi connectivity index (χ2n) is 2.62. The van der Waals surface area contributed by atoms with Crippen molar-refractivity contribution in [1.29, 1.82) is 0 Å². The van der Waals surface area contributed by atoms with Crippen LogP contribution in [-0.2, 0) is 10.2 Å². The Labute approximate surface area is 75.5 Å². The van der Waals surface area contributed by atoms with Gasteiger partial charge in [-0.3, -0.25) is 0 Å². The molecule has 0 unspecified atom stereocenters. The van der Waals surface area contributed by atoms with Crippen LogP contribution in [0.1, 0.15) is 0 Å². The molecule has 0 aliphatic rings. The van der Waals surface area contributed by atoms with E-state index in [4.69, 9.17) is 5.11 Å². The maximum atomic E-state index is 12.4. The van der Waals surface area contributed by atoms with Crippen LogP contribution < -0.4 is 4.72 Å². The summed E-state index contributed by atoms with van der Waals surface area (Å²) in [7, 11) is -1.43. The molecule has 0 saturated heterocycles. The number of hydrogen-bond acceptors (Lipinski definition) is 3. The lowest BCUT2D eigenvalue weighted by Gasteiger charge is -2.16. The van der Waals surface area contributed by atoms with Crippen molar-refractivity contribution < 1.29 is 22.3 Å². The zero-order valence-electron chi connectivity index (χ0n) is 7.29. The van der Waals surface area contributed by atoms with Gasteiger partial charge in [0.05, 0.1) is 6.54 Å². The molecular formula is C5H12F2N2O3S. The summed E-state index contributed by atoms with van der Waals surface area (Å²) >= 11 is 0. The highest BCUT2D eigenvalue weighted by Crippen LogP contribution is 2.10. The third-order valence-corrected chi connectivity index (χ3v) is 2.70. The molecule has 0 saturated carbocycles. The van der Waals surface area contributed by atoms with E-state index in [1.165, 1.54) is 14.1 Å². The Balaban J connectivity index is 4.19. The predicted molar refractivity (Wildman–Crippen MR) is 42.6 cm³/mol. The van der Waals surface area contributed by atoms with E-state index in [-0.39, 0.29) is 0 Å². The van der Waals surface area contributed by atoms with Crippen LogP contribution in [-0.4, -0.2) is 51.0 Å². The summed E-state index contributed by atoms with van der Waals surface area (Å²) in [5.74, 6) is -3.43.